The molecule has 12 unspecified atom stereocenters. The van der Waals surface area contributed by atoms with Crippen LogP contribution in [-0.4, -0.2) is 342 Å². The Bertz CT molecular complexity index is 3270. The van der Waals surface area contributed by atoms with Crippen molar-refractivity contribution in [1.82, 2.24) is 14.9 Å². The SMILES string of the molecule is CC(C)N=P(Cl)(CCC#N)C(C)C.CC[C@H]1O[C@@H](n2ccc(NC(=O)c3ccccc3)nc2=O)C(OC(C)COC)[C@H]1O.[BH].[B][C@@H]1O[C@H](CC)[C@H](O)C1OC(C)COC.[B][C@@H]1O[C@H](CC)[C@H](O)C1OC(C)COC.[B][C@@H]1O[C@H](CC)[C@H](OC(=O)CCC(=O)NC)C1OC(C)COC.[B][C@@H]1O[C@H](CC)[C@H](OP(C)OCC[N+]#[C-])C1OC(C)COC. The van der Waals surface area contributed by atoms with Crippen molar-refractivity contribution in [1.29, 1.82) is 5.26 Å². The zero-order valence-electron chi connectivity index (χ0n) is 73.8. The van der Waals surface area contributed by atoms with E-state index in [-0.39, 0.29) is 112 Å². The molecule has 6 heterocycles. The van der Waals surface area contributed by atoms with Gasteiger partial charge in [0.2, 0.25) is 12.5 Å². The molecule has 40 heteroatoms. The van der Waals surface area contributed by atoms with E-state index in [1.54, 1.807) is 59.8 Å². The van der Waals surface area contributed by atoms with Gasteiger partial charge in [-0.3, -0.25) is 23.7 Å². The topological polar surface area (TPSA) is 378 Å². The molecule has 10 radical (unpaired) electrons. The van der Waals surface area contributed by atoms with Crippen molar-refractivity contribution in [2.45, 2.75) is 312 Å². The zero-order valence-corrected chi connectivity index (χ0v) is 76.3. The molecular formula is C79H135B5ClN7O25P2. The van der Waals surface area contributed by atoms with Crippen LogP contribution in [0.1, 0.15) is 165 Å². The molecule has 27 atom stereocenters. The van der Waals surface area contributed by atoms with Gasteiger partial charge in [0.05, 0.1) is 113 Å². The Hall–Kier alpha value is -4.04. The number of nitrogens with one attached hydrogen (secondary N) is 2. The van der Waals surface area contributed by atoms with Gasteiger partial charge in [-0.2, -0.15) is 10.2 Å². The first kappa shape index (κ1) is 113. The first-order chi connectivity index (χ1) is 56.0. The summed E-state index contributed by atoms with van der Waals surface area (Å²) in [5.41, 5.74) is 0.213. The summed E-state index contributed by atoms with van der Waals surface area (Å²) in [5.74, 6) is -0.924. The summed E-state index contributed by atoms with van der Waals surface area (Å²) < 4.78 is 105. The van der Waals surface area contributed by atoms with Gasteiger partial charge in [-0.15, -0.1) is 0 Å². The number of nitrogens with zero attached hydrogens (tertiary/aromatic N) is 5. The van der Waals surface area contributed by atoms with Crippen LogP contribution in [0.2, 0.25) is 0 Å². The monoisotopic (exact) mass is 1730 g/mol. The van der Waals surface area contributed by atoms with Gasteiger partial charge >= 0.3 is 11.7 Å². The number of hydrogen-bond donors (Lipinski definition) is 5. The fourth-order valence-corrected chi connectivity index (χ4v) is 16.7. The average Bonchev–Trinajstić information content (AvgIpc) is 1.66. The highest BCUT2D eigenvalue weighted by Gasteiger charge is 2.49. The molecule has 0 spiro atoms. The van der Waals surface area contributed by atoms with Crippen LogP contribution >= 0.6 is 26.0 Å². The van der Waals surface area contributed by atoms with E-state index < -0.39 is 112 Å². The highest BCUT2D eigenvalue weighted by molar-refractivity contribution is 7.91. The lowest BCUT2D eigenvalue weighted by atomic mass is 9.92. The fraction of sp³-hybridized carbons (Fsp3) is 0.810. The van der Waals surface area contributed by atoms with E-state index >= 15 is 0 Å². The van der Waals surface area contributed by atoms with Gasteiger partial charge in [-0.05, 0) is 98.8 Å². The molecule has 0 saturated carbocycles. The summed E-state index contributed by atoms with van der Waals surface area (Å²) in [5, 5.41) is 43.9. The van der Waals surface area contributed by atoms with Crippen LogP contribution in [0.4, 0.5) is 5.82 Å². The Morgan fingerprint density at radius 2 is 1.03 bits per heavy atom. The number of amides is 2. The molecule has 2 aromatic rings. The number of rotatable bonds is 41. The number of halogens is 1. The van der Waals surface area contributed by atoms with E-state index in [4.69, 9.17) is 139 Å². The Morgan fingerprint density at radius 1 is 0.630 bits per heavy atom. The second-order valence-electron chi connectivity index (χ2n) is 29.3. The predicted molar refractivity (Wildman–Crippen MR) is 461 cm³/mol. The van der Waals surface area contributed by atoms with Crippen molar-refractivity contribution >= 4 is 89.4 Å². The van der Waals surface area contributed by atoms with Crippen molar-refractivity contribution in [2.24, 2.45) is 4.74 Å². The molecule has 0 aliphatic carbocycles. The standard InChI is InChI=1S/C21H27N3O6.C15H26BNO6.C14H25BNO5P.2C10H19BO4.C9H18ClN2P.BH/c1-4-15-17(25)18(29-13(2)12-28-3)20(30-15)24-11-10-16(23-21(24)27)22-19(26)14-8-6-5-7-9-14;1-5-10-13(23-12(19)7-6-11(18)17-3)14(15(16)22-10)21-9(2)8-20-4;1-6-11-12(21-22(5)18-8-7-16-3)13(14(15)20-11)19-10(2)9-17-4;2*1-4-7-8(12)9(10(11)15-7)14-6(2)5-13-3;1-8(2)12-13(10,9(3)4)7-5-6-11;/h5-11,13,15,17-18,20,25H,4,12H2,1-3H3,(H,22,23,26,27);9-10,13-15H,5-8H2,1-4H3,(H,17,18);10-14H,6-9H2,1-2,4-5H3;2*6-10,12H,4-5H2,1-3H3;8-9H,5,7H2,1-4H3;1H/t13?,15-,17+,18?,20-;9?,10-,13+,14?,15-;10?,11-,12+,13?,14-,22?;2*6?,7-,8+,9?,10-;;/m11111../s1. The van der Waals surface area contributed by atoms with Gasteiger partial charge in [0.25, 0.3) is 5.91 Å². The number of aliphatic hydroxyl groups excluding tert-OH is 3. The van der Waals surface area contributed by atoms with Crippen LogP contribution in [0.15, 0.2) is 52.1 Å². The van der Waals surface area contributed by atoms with E-state index in [9.17, 15) is 34.5 Å². The van der Waals surface area contributed by atoms with Crippen LogP contribution in [-0.2, 0) is 94.4 Å². The molecule has 668 valence electrons. The molecule has 2 amide bonds. The number of hydrogen-bond acceptors (Lipinski definition) is 28. The Labute approximate surface area is 720 Å². The van der Waals surface area contributed by atoms with Crippen molar-refractivity contribution < 1.29 is 115 Å². The number of carbonyl (C=O) groups excluding carboxylic acids is 3. The van der Waals surface area contributed by atoms with Crippen LogP contribution in [0, 0.1) is 17.9 Å². The van der Waals surface area contributed by atoms with Gasteiger partial charge in [0.1, 0.15) is 98.7 Å². The molecule has 5 aliphatic rings. The Balaban J connectivity index is 0.000000730. The summed E-state index contributed by atoms with van der Waals surface area (Å²) >= 11 is 6.44. The summed E-state index contributed by atoms with van der Waals surface area (Å²) in [4.78, 5) is 55.3. The van der Waals surface area contributed by atoms with Crippen molar-refractivity contribution in [2.75, 3.05) is 107 Å². The van der Waals surface area contributed by atoms with E-state index in [0.717, 1.165) is 25.4 Å². The number of carbonyl (C=O) groups is 3. The first-order valence-corrected chi connectivity index (χ1v) is 45.0. The van der Waals surface area contributed by atoms with Gasteiger partial charge in [-0.1, -0.05) is 77.9 Å². The first-order valence-electron chi connectivity index (χ1n) is 40.5. The van der Waals surface area contributed by atoms with E-state index in [1.807, 2.05) is 95.8 Å². The summed E-state index contributed by atoms with van der Waals surface area (Å²) in [6.07, 6.45) is -4.14. The van der Waals surface area contributed by atoms with E-state index in [1.165, 1.54) is 23.9 Å². The molecule has 5 aliphatic heterocycles. The number of aliphatic hydroxyl groups is 3. The minimum atomic E-state index is -1.74. The number of anilines is 1. The molecular weight excluding hydrogens is 1600 g/mol. The number of nitriles is 1. The van der Waals surface area contributed by atoms with Gasteiger partial charge in [0.15, 0.2) is 20.7 Å². The molecule has 1 aromatic heterocycles. The number of benzene rings is 1. The lowest BCUT2D eigenvalue weighted by Gasteiger charge is -2.28. The van der Waals surface area contributed by atoms with Gasteiger partial charge < -0.3 is 116 Å². The van der Waals surface area contributed by atoms with Crippen molar-refractivity contribution in [3.8, 4) is 6.07 Å². The number of aromatic nitrogens is 2. The minimum Gasteiger partial charge on any atom is -0.457 e. The number of esters is 1. The zero-order chi connectivity index (χ0) is 88.9. The minimum absolute atomic E-state index is 0. The molecule has 1 aromatic carbocycles. The highest BCUT2D eigenvalue weighted by atomic mass is 35.7. The molecule has 0 bridgehead atoms. The Kier molecular flexibility index (Phi) is 58.2. The molecule has 5 N–H and O–H groups in total. The van der Waals surface area contributed by atoms with E-state index in [0.29, 0.717) is 76.7 Å². The molecule has 119 heavy (non-hydrogen) atoms. The molecule has 5 saturated heterocycles. The van der Waals surface area contributed by atoms with Crippen molar-refractivity contribution in [3.05, 3.63) is 70.1 Å². The molecule has 7 rings (SSSR count). The van der Waals surface area contributed by atoms with Crippen molar-refractivity contribution in [3.63, 3.8) is 0 Å². The second kappa shape index (κ2) is 61.3. The molecule has 32 nitrogen and oxygen atoms in total. The van der Waals surface area contributed by atoms with Crippen LogP contribution < -0.4 is 16.3 Å². The molecule has 5 fully saturated rings. The fourth-order valence-electron chi connectivity index (χ4n) is 12.9. The van der Waals surface area contributed by atoms with E-state index in [2.05, 4.69) is 45.1 Å². The number of ether oxygens (including phenoxy) is 16. The normalized spacial score (nSPS) is 28.7. The average molecular weight is 1730 g/mol. The maximum Gasteiger partial charge on any atom is 0.351 e. The predicted octanol–water partition coefficient (Wildman–Crippen LogP) is 7.27. The highest BCUT2D eigenvalue weighted by Crippen LogP contribution is 2.60. The lowest BCUT2D eigenvalue weighted by molar-refractivity contribution is -0.161. The maximum absolute atomic E-state index is 12.7. The third-order valence-electron chi connectivity index (χ3n) is 18.7. The lowest BCUT2D eigenvalue weighted by Crippen LogP contribution is -2.41. The third kappa shape index (κ3) is 39.6. The largest absolute Gasteiger partial charge is 0.457 e. The quantitative estimate of drug-likeness (QED) is 0.0144. The third-order valence-corrected chi connectivity index (χ3v) is 25.0. The van der Waals surface area contributed by atoms with Crippen LogP contribution in [0.5, 0.6) is 0 Å². The Morgan fingerprint density at radius 3 is 1.43 bits per heavy atom. The summed E-state index contributed by atoms with van der Waals surface area (Å²) in [7, 11) is 31.9. The van der Waals surface area contributed by atoms with Gasteiger partial charge in [-0.25, -0.2) is 11.4 Å². The maximum atomic E-state index is 12.7. The second-order valence-corrected chi connectivity index (χ2v) is 35.6. The van der Waals surface area contributed by atoms with Gasteiger partial charge in [0, 0.05) is 124 Å². The number of methoxy groups -OCH3 is 5. The summed E-state index contributed by atoms with van der Waals surface area (Å²) in [6, 6.07) is 10.2. The van der Waals surface area contributed by atoms with Crippen LogP contribution in [0.25, 0.3) is 4.85 Å². The summed E-state index contributed by atoms with van der Waals surface area (Å²) in [6.45, 7) is 38.8. The van der Waals surface area contributed by atoms with Crippen LogP contribution in [0.3, 0.4) is 0 Å². The smallest absolute Gasteiger partial charge is 0.351 e.